The van der Waals surface area contributed by atoms with Gasteiger partial charge in [-0.25, -0.2) is 12.8 Å². The molecule has 1 atom stereocenters. The Hall–Kier alpha value is -1.63. The molecule has 4 N–H and O–H groups in total. The second-order valence-corrected chi connectivity index (χ2v) is 5.63. The molecule has 0 bridgehead atoms. The number of nitrogen functional groups attached to an aromatic ring is 1. The van der Waals surface area contributed by atoms with Crippen molar-refractivity contribution in [2.45, 2.75) is 23.5 Å². The zero-order valence-corrected chi connectivity index (χ0v) is 10.00. The SMILES string of the molecule is CCC(C(N)=O)S(=O)(=O)c1ccc(N)cc1F. The number of hydrogen-bond donors (Lipinski definition) is 2. The van der Waals surface area contributed by atoms with Crippen molar-refractivity contribution in [3.8, 4) is 0 Å². The Morgan fingerprint density at radius 1 is 1.47 bits per heavy atom. The van der Waals surface area contributed by atoms with Crippen molar-refractivity contribution >= 4 is 21.4 Å². The van der Waals surface area contributed by atoms with Crippen LogP contribution in [0.5, 0.6) is 0 Å². The van der Waals surface area contributed by atoms with Crippen LogP contribution in [0.1, 0.15) is 13.3 Å². The highest BCUT2D eigenvalue weighted by atomic mass is 32.2. The molecule has 7 heteroatoms. The van der Waals surface area contributed by atoms with Gasteiger partial charge >= 0.3 is 0 Å². The lowest BCUT2D eigenvalue weighted by molar-refractivity contribution is -0.117. The van der Waals surface area contributed by atoms with Gasteiger partial charge in [0, 0.05) is 5.69 Å². The third-order valence-corrected chi connectivity index (χ3v) is 4.58. The molecular formula is C10H13FN2O3S. The molecule has 0 aliphatic carbocycles. The van der Waals surface area contributed by atoms with Gasteiger partial charge in [0.2, 0.25) is 5.91 Å². The summed E-state index contributed by atoms with van der Waals surface area (Å²) in [4.78, 5) is 10.5. The van der Waals surface area contributed by atoms with Gasteiger partial charge in [-0.3, -0.25) is 4.79 Å². The van der Waals surface area contributed by atoms with Gasteiger partial charge in [0.25, 0.3) is 0 Å². The van der Waals surface area contributed by atoms with E-state index in [1.165, 1.54) is 13.0 Å². The fraction of sp³-hybridized carbons (Fsp3) is 0.300. The largest absolute Gasteiger partial charge is 0.399 e. The number of hydrogen-bond acceptors (Lipinski definition) is 4. The van der Waals surface area contributed by atoms with Crippen LogP contribution in [0.2, 0.25) is 0 Å². The summed E-state index contributed by atoms with van der Waals surface area (Å²) < 4.78 is 37.4. The summed E-state index contributed by atoms with van der Waals surface area (Å²) in [5.74, 6) is -1.98. The van der Waals surface area contributed by atoms with Gasteiger partial charge in [0.05, 0.1) is 0 Å². The number of nitrogens with two attached hydrogens (primary N) is 2. The lowest BCUT2D eigenvalue weighted by atomic mass is 10.3. The number of halogens is 1. The van der Waals surface area contributed by atoms with Gasteiger partial charge in [-0.1, -0.05) is 6.92 Å². The lowest BCUT2D eigenvalue weighted by Crippen LogP contribution is -2.35. The molecule has 17 heavy (non-hydrogen) atoms. The van der Waals surface area contributed by atoms with E-state index in [1.807, 2.05) is 0 Å². The maximum Gasteiger partial charge on any atom is 0.236 e. The number of carbonyl (C=O) groups excluding carboxylic acids is 1. The first-order chi connectivity index (χ1) is 7.80. The molecule has 0 radical (unpaired) electrons. The van der Waals surface area contributed by atoms with Crippen LogP contribution in [-0.2, 0) is 14.6 Å². The van der Waals surface area contributed by atoms with Gasteiger partial charge in [-0.15, -0.1) is 0 Å². The zero-order valence-electron chi connectivity index (χ0n) is 9.18. The summed E-state index contributed by atoms with van der Waals surface area (Å²) >= 11 is 0. The van der Waals surface area contributed by atoms with Crippen molar-refractivity contribution in [3.05, 3.63) is 24.0 Å². The molecule has 1 unspecified atom stereocenters. The van der Waals surface area contributed by atoms with Crippen LogP contribution >= 0.6 is 0 Å². The second kappa shape index (κ2) is 4.70. The summed E-state index contributed by atoms with van der Waals surface area (Å²) in [5.41, 5.74) is 10.4. The molecule has 0 aromatic heterocycles. The predicted octanol–water partition coefficient (Wildman–Crippen LogP) is 0.445. The monoisotopic (exact) mass is 260 g/mol. The van der Waals surface area contributed by atoms with E-state index in [9.17, 15) is 17.6 Å². The highest BCUT2D eigenvalue weighted by Crippen LogP contribution is 2.23. The summed E-state index contributed by atoms with van der Waals surface area (Å²) in [7, 11) is -4.10. The van der Waals surface area contributed by atoms with Crippen LogP contribution in [0, 0.1) is 5.82 Å². The van der Waals surface area contributed by atoms with Crippen LogP contribution in [0.4, 0.5) is 10.1 Å². The number of carbonyl (C=O) groups is 1. The van der Waals surface area contributed by atoms with Crippen molar-refractivity contribution in [2.24, 2.45) is 5.73 Å². The van der Waals surface area contributed by atoms with Crippen LogP contribution in [0.3, 0.4) is 0 Å². The number of benzene rings is 1. The molecule has 1 rings (SSSR count). The van der Waals surface area contributed by atoms with Crippen molar-refractivity contribution in [3.63, 3.8) is 0 Å². The van der Waals surface area contributed by atoms with Gasteiger partial charge in [0.1, 0.15) is 16.0 Å². The van der Waals surface area contributed by atoms with Gasteiger partial charge in [0.15, 0.2) is 9.84 Å². The Kier molecular flexibility index (Phi) is 3.72. The molecule has 0 fully saturated rings. The van der Waals surface area contributed by atoms with E-state index in [1.54, 1.807) is 0 Å². The van der Waals surface area contributed by atoms with E-state index in [-0.39, 0.29) is 12.1 Å². The summed E-state index contributed by atoms with van der Waals surface area (Å²) in [6, 6.07) is 3.18. The van der Waals surface area contributed by atoms with E-state index in [4.69, 9.17) is 11.5 Å². The zero-order chi connectivity index (χ0) is 13.2. The minimum Gasteiger partial charge on any atom is -0.399 e. The van der Waals surface area contributed by atoms with Crippen molar-refractivity contribution < 1.29 is 17.6 Å². The van der Waals surface area contributed by atoms with E-state index in [2.05, 4.69) is 0 Å². The molecule has 0 aliphatic rings. The first-order valence-electron chi connectivity index (χ1n) is 4.89. The molecule has 1 aromatic rings. The minimum atomic E-state index is -4.10. The van der Waals surface area contributed by atoms with E-state index in [0.717, 1.165) is 12.1 Å². The Balaban J connectivity index is 3.35. The van der Waals surface area contributed by atoms with Gasteiger partial charge in [-0.2, -0.15) is 0 Å². The molecule has 1 amide bonds. The first kappa shape index (κ1) is 13.4. The van der Waals surface area contributed by atoms with E-state index in [0.29, 0.717) is 0 Å². The van der Waals surface area contributed by atoms with E-state index < -0.39 is 31.7 Å². The standard InChI is InChI=1S/C10H13FN2O3S/c1-2-8(10(13)14)17(15,16)9-4-3-6(12)5-7(9)11/h3-5,8H,2,12H2,1H3,(H2,13,14). The first-order valence-corrected chi connectivity index (χ1v) is 6.43. The van der Waals surface area contributed by atoms with E-state index >= 15 is 0 Å². The average Bonchev–Trinajstić information content (AvgIpc) is 2.16. The number of anilines is 1. The molecule has 0 saturated carbocycles. The average molecular weight is 260 g/mol. The maximum absolute atomic E-state index is 13.5. The number of sulfone groups is 1. The lowest BCUT2D eigenvalue weighted by Gasteiger charge is -2.13. The van der Waals surface area contributed by atoms with Crippen LogP contribution < -0.4 is 11.5 Å². The molecular weight excluding hydrogens is 247 g/mol. The molecule has 0 aliphatic heterocycles. The Labute approximate surface area is 98.5 Å². The third kappa shape index (κ3) is 2.55. The van der Waals surface area contributed by atoms with Crippen LogP contribution in [0.25, 0.3) is 0 Å². The summed E-state index contributed by atoms with van der Waals surface area (Å²) in [6.45, 7) is 1.49. The predicted molar refractivity (Wildman–Crippen MR) is 61.3 cm³/mol. The van der Waals surface area contributed by atoms with Crippen molar-refractivity contribution in [1.82, 2.24) is 0 Å². The molecule has 5 nitrogen and oxygen atoms in total. The highest BCUT2D eigenvalue weighted by molar-refractivity contribution is 7.92. The molecule has 0 heterocycles. The van der Waals surface area contributed by atoms with Gasteiger partial charge in [-0.05, 0) is 24.6 Å². The third-order valence-electron chi connectivity index (χ3n) is 2.33. The molecule has 0 spiro atoms. The smallest absolute Gasteiger partial charge is 0.236 e. The van der Waals surface area contributed by atoms with Gasteiger partial charge < -0.3 is 11.5 Å². The maximum atomic E-state index is 13.5. The Morgan fingerprint density at radius 3 is 2.47 bits per heavy atom. The number of primary amides is 1. The Morgan fingerprint density at radius 2 is 2.06 bits per heavy atom. The number of amides is 1. The topological polar surface area (TPSA) is 103 Å². The quantitative estimate of drug-likeness (QED) is 0.767. The summed E-state index contributed by atoms with van der Waals surface area (Å²) in [5, 5.41) is -1.43. The second-order valence-electron chi connectivity index (χ2n) is 3.53. The van der Waals surface area contributed by atoms with Crippen molar-refractivity contribution in [2.75, 3.05) is 5.73 Å². The Bertz CT molecular complexity index is 542. The van der Waals surface area contributed by atoms with Crippen LogP contribution in [0.15, 0.2) is 23.1 Å². The molecule has 94 valence electrons. The fourth-order valence-corrected chi connectivity index (χ4v) is 3.11. The minimum absolute atomic E-state index is 0.0124. The van der Waals surface area contributed by atoms with Crippen molar-refractivity contribution in [1.29, 1.82) is 0 Å². The molecule has 0 saturated heterocycles. The normalized spacial score (nSPS) is 13.3. The molecule has 1 aromatic carbocycles. The van der Waals surface area contributed by atoms with Crippen LogP contribution in [-0.4, -0.2) is 19.6 Å². The highest BCUT2D eigenvalue weighted by Gasteiger charge is 2.32. The fourth-order valence-electron chi connectivity index (χ4n) is 1.47. The summed E-state index contributed by atoms with van der Waals surface area (Å²) in [6.07, 6.45) is -0.0124. The number of rotatable bonds is 4.